The van der Waals surface area contributed by atoms with Crippen LogP contribution < -0.4 is 4.52 Å². The van der Waals surface area contributed by atoms with E-state index in [1.165, 1.54) is 20.3 Å². The molecule has 2 rings (SSSR count). The Labute approximate surface area is 105 Å². The van der Waals surface area contributed by atoms with Gasteiger partial charge in [0.2, 0.25) is 0 Å². The van der Waals surface area contributed by atoms with Gasteiger partial charge in [-0.3, -0.25) is 9.05 Å². The Hall–Kier alpha value is -1.55. The number of aromatic hydroxyl groups is 1. The Kier molecular flexibility index (Phi) is 3.57. The van der Waals surface area contributed by atoms with Crippen LogP contribution in [0.3, 0.4) is 0 Å². The molecular weight excluding hydrogens is 255 g/mol. The Morgan fingerprint density at radius 2 is 1.61 bits per heavy atom. The van der Waals surface area contributed by atoms with Crippen molar-refractivity contribution in [2.75, 3.05) is 14.2 Å². The molecule has 0 aliphatic carbocycles. The summed E-state index contributed by atoms with van der Waals surface area (Å²) in [7, 11) is -1.25. The topological polar surface area (TPSA) is 65.0 Å². The lowest BCUT2D eigenvalue weighted by atomic mass is 10.1. The summed E-state index contributed by atoms with van der Waals surface area (Å²) < 4.78 is 26.2. The van der Waals surface area contributed by atoms with Gasteiger partial charge in [0.05, 0.1) is 0 Å². The zero-order valence-electron chi connectivity index (χ0n) is 9.99. The maximum Gasteiger partial charge on any atom is 0.529 e. The monoisotopic (exact) mass is 268 g/mol. The molecule has 18 heavy (non-hydrogen) atoms. The van der Waals surface area contributed by atoms with E-state index in [4.69, 9.17) is 4.52 Å². The van der Waals surface area contributed by atoms with Gasteiger partial charge in [-0.2, -0.15) is 0 Å². The summed E-state index contributed by atoms with van der Waals surface area (Å²) in [5.74, 6) is -0.0660. The van der Waals surface area contributed by atoms with Crippen molar-refractivity contribution in [1.29, 1.82) is 0 Å². The number of rotatable bonds is 4. The van der Waals surface area contributed by atoms with Crippen LogP contribution in [-0.4, -0.2) is 19.3 Å². The van der Waals surface area contributed by atoms with Crippen LogP contribution in [0.2, 0.25) is 0 Å². The predicted molar refractivity (Wildman–Crippen MR) is 67.9 cm³/mol. The highest BCUT2D eigenvalue weighted by Crippen LogP contribution is 2.50. The van der Waals surface area contributed by atoms with Gasteiger partial charge in [0, 0.05) is 14.2 Å². The fourth-order valence-corrected chi connectivity index (χ4v) is 2.24. The molecule has 0 fully saturated rings. The van der Waals surface area contributed by atoms with Crippen molar-refractivity contribution in [3.05, 3.63) is 36.4 Å². The van der Waals surface area contributed by atoms with E-state index in [-0.39, 0.29) is 11.5 Å². The molecule has 0 atom stereocenters. The molecular formula is C12H13O5P. The lowest BCUT2D eigenvalue weighted by Gasteiger charge is -2.15. The molecule has 6 heteroatoms. The number of benzene rings is 2. The summed E-state index contributed by atoms with van der Waals surface area (Å²) in [4.78, 5) is 0. The van der Waals surface area contributed by atoms with Gasteiger partial charge in [-0.25, -0.2) is 4.57 Å². The third-order valence-corrected chi connectivity index (χ3v) is 3.80. The van der Waals surface area contributed by atoms with Crippen molar-refractivity contribution >= 4 is 18.6 Å². The Morgan fingerprint density at radius 3 is 2.17 bits per heavy atom. The highest BCUT2D eigenvalue weighted by Gasteiger charge is 2.26. The zero-order chi connectivity index (χ0) is 13.2. The summed E-state index contributed by atoms with van der Waals surface area (Å²) in [5, 5.41) is 11.5. The molecule has 2 aromatic carbocycles. The van der Waals surface area contributed by atoms with Crippen LogP contribution in [0, 0.1) is 0 Å². The van der Waals surface area contributed by atoms with Crippen LogP contribution in [0.1, 0.15) is 0 Å². The van der Waals surface area contributed by atoms with Crippen molar-refractivity contribution in [3.63, 3.8) is 0 Å². The first-order valence-electron chi connectivity index (χ1n) is 5.21. The Bertz CT molecular complexity index is 602. The van der Waals surface area contributed by atoms with E-state index in [9.17, 15) is 9.67 Å². The summed E-state index contributed by atoms with van der Waals surface area (Å²) in [5.41, 5.74) is 0. The molecule has 0 spiro atoms. The third-order valence-electron chi connectivity index (χ3n) is 2.48. The second-order valence-electron chi connectivity index (χ2n) is 3.57. The fraction of sp³-hybridized carbons (Fsp3) is 0.167. The van der Waals surface area contributed by atoms with E-state index in [1.807, 2.05) is 24.3 Å². The molecule has 5 nitrogen and oxygen atoms in total. The quantitative estimate of drug-likeness (QED) is 0.861. The van der Waals surface area contributed by atoms with Gasteiger partial charge in [0.15, 0.2) is 11.5 Å². The minimum Gasteiger partial charge on any atom is -0.504 e. The number of phosphoric acid groups is 1. The molecule has 0 aromatic heterocycles. The molecule has 2 aromatic rings. The molecule has 0 bridgehead atoms. The smallest absolute Gasteiger partial charge is 0.504 e. The predicted octanol–water partition coefficient (Wildman–Crippen LogP) is 3.33. The van der Waals surface area contributed by atoms with E-state index in [0.29, 0.717) is 0 Å². The molecule has 0 saturated carbocycles. The standard InChI is InChI=1S/C12H13O5P/c1-15-18(14,16-2)17-12-8-10-6-4-3-5-9(10)7-11(12)13/h3-8,13H,1-2H3. The van der Waals surface area contributed by atoms with E-state index in [0.717, 1.165) is 10.8 Å². The minimum absolute atomic E-state index is 0.0562. The number of phenolic OH excluding ortho intramolecular Hbond substituents is 1. The SMILES string of the molecule is COP(=O)(OC)Oc1cc2ccccc2cc1O. The highest BCUT2D eigenvalue weighted by molar-refractivity contribution is 7.48. The first kappa shape index (κ1) is 12.9. The highest BCUT2D eigenvalue weighted by atomic mass is 31.2. The molecule has 0 heterocycles. The van der Waals surface area contributed by atoms with Crippen LogP contribution in [-0.2, 0) is 13.6 Å². The number of phosphoric ester groups is 1. The van der Waals surface area contributed by atoms with E-state index < -0.39 is 7.82 Å². The Balaban J connectivity index is 2.45. The number of hydrogen-bond acceptors (Lipinski definition) is 5. The molecule has 0 radical (unpaired) electrons. The first-order chi connectivity index (χ1) is 8.58. The second-order valence-corrected chi connectivity index (χ2v) is 5.38. The third kappa shape index (κ3) is 2.48. The molecule has 96 valence electrons. The summed E-state index contributed by atoms with van der Waals surface area (Å²) >= 11 is 0. The van der Waals surface area contributed by atoms with Crippen LogP contribution in [0.5, 0.6) is 11.5 Å². The van der Waals surface area contributed by atoms with Gasteiger partial charge < -0.3 is 9.63 Å². The second kappa shape index (κ2) is 4.98. The van der Waals surface area contributed by atoms with Crippen LogP contribution >= 0.6 is 7.82 Å². The average Bonchev–Trinajstić information content (AvgIpc) is 2.39. The van der Waals surface area contributed by atoms with Crippen LogP contribution in [0.25, 0.3) is 10.8 Å². The lowest BCUT2D eigenvalue weighted by molar-refractivity contribution is 0.209. The van der Waals surface area contributed by atoms with Gasteiger partial charge in [-0.05, 0) is 22.9 Å². The van der Waals surface area contributed by atoms with Gasteiger partial charge in [0.1, 0.15) is 0 Å². The van der Waals surface area contributed by atoms with Gasteiger partial charge >= 0.3 is 7.82 Å². The van der Waals surface area contributed by atoms with Gasteiger partial charge in [0.25, 0.3) is 0 Å². The normalized spacial score (nSPS) is 11.7. The molecule has 0 saturated heterocycles. The number of phenols is 1. The summed E-state index contributed by atoms with van der Waals surface area (Å²) in [6.07, 6.45) is 0. The average molecular weight is 268 g/mol. The van der Waals surface area contributed by atoms with Crippen molar-refractivity contribution < 1.29 is 23.2 Å². The zero-order valence-corrected chi connectivity index (χ0v) is 10.9. The van der Waals surface area contributed by atoms with E-state index in [2.05, 4.69) is 9.05 Å². The molecule has 0 unspecified atom stereocenters. The van der Waals surface area contributed by atoms with Gasteiger partial charge in [-0.1, -0.05) is 24.3 Å². The summed E-state index contributed by atoms with van der Waals surface area (Å²) in [6.45, 7) is 0. The Morgan fingerprint density at radius 1 is 1.06 bits per heavy atom. The van der Waals surface area contributed by atoms with Gasteiger partial charge in [-0.15, -0.1) is 0 Å². The maximum atomic E-state index is 11.8. The lowest BCUT2D eigenvalue weighted by Crippen LogP contribution is -1.97. The number of hydrogen-bond donors (Lipinski definition) is 1. The van der Waals surface area contributed by atoms with Crippen molar-refractivity contribution in [1.82, 2.24) is 0 Å². The molecule has 0 amide bonds. The summed E-state index contributed by atoms with van der Waals surface area (Å²) in [6, 6.07) is 10.5. The van der Waals surface area contributed by atoms with Crippen molar-refractivity contribution in [2.45, 2.75) is 0 Å². The fourth-order valence-electron chi connectivity index (χ4n) is 1.55. The van der Waals surface area contributed by atoms with Crippen LogP contribution in [0.4, 0.5) is 0 Å². The van der Waals surface area contributed by atoms with Crippen molar-refractivity contribution in [3.8, 4) is 11.5 Å². The van der Waals surface area contributed by atoms with E-state index in [1.54, 1.807) is 6.07 Å². The number of fused-ring (bicyclic) bond motifs is 1. The van der Waals surface area contributed by atoms with Crippen LogP contribution in [0.15, 0.2) is 36.4 Å². The van der Waals surface area contributed by atoms with E-state index >= 15 is 0 Å². The molecule has 0 aliphatic heterocycles. The molecule has 0 aliphatic rings. The van der Waals surface area contributed by atoms with Crippen molar-refractivity contribution in [2.24, 2.45) is 0 Å². The minimum atomic E-state index is -3.67. The maximum absolute atomic E-state index is 11.8. The molecule has 1 N–H and O–H groups in total. The first-order valence-corrected chi connectivity index (χ1v) is 6.67. The largest absolute Gasteiger partial charge is 0.529 e.